The SMILES string of the molecule is Cc1ccccc1Cc1cnc2c3ncn(Cc4ccccc4)c3ncn12. The predicted octanol–water partition coefficient (Wildman–Crippen LogP) is 4.03. The summed E-state index contributed by atoms with van der Waals surface area (Å²) in [6, 6.07) is 18.8. The molecule has 0 spiro atoms. The van der Waals surface area contributed by atoms with Crippen LogP contribution in [-0.2, 0) is 13.0 Å². The van der Waals surface area contributed by atoms with Crippen LogP contribution < -0.4 is 0 Å². The van der Waals surface area contributed by atoms with Crippen molar-refractivity contribution in [1.29, 1.82) is 0 Å². The normalized spacial score (nSPS) is 11.4. The molecule has 0 fully saturated rings. The average molecular weight is 353 g/mol. The Morgan fingerprint density at radius 2 is 1.63 bits per heavy atom. The first-order chi connectivity index (χ1) is 13.3. The van der Waals surface area contributed by atoms with Gasteiger partial charge in [0, 0.05) is 18.3 Å². The smallest absolute Gasteiger partial charge is 0.168 e. The monoisotopic (exact) mass is 353 g/mol. The molecular formula is C22H19N5. The van der Waals surface area contributed by atoms with Gasteiger partial charge in [-0.25, -0.2) is 15.0 Å². The van der Waals surface area contributed by atoms with Crippen molar-refractivity contribution in [3.63, 3.8) is 0 Å². The van der Waals surface area contributed by atoms with Crippen molar-refractivity contribution in [2.45, 2.75) is 19.9 Å². The molecule has 3 aromatic heterocycles. The van der Waals surface area contributed by atoms with Crippen molar-refractivity contribution in [1.82, 2.24) is 23.9 Å². The van der Waals surface area contributed by atoms with Crippen molar-refractivity contribution in [3.05, 3.63) is 95.8 Å². The lowest BCUT2D eigenvalue weighted by Crippen LogP contribution is -2.01. The lowest BCUT2D eigenvalue weighted by molar-refractivity contribution is 0.812. The Balaban J connectivity index is 1.55. The summed E-state index contributed by atoms with van der Waals surface area (Å²) >= 11 is 0. The molecule has 5 heteroatoms. The van der Waals surface area contributed by atoms with Crippen LogP contribution in [0.3, 0.4) is 0 Å². The van der Waals surface area contributed by atoms with Crippen molar-refractivity contribution in [3.8, 4) is 0 Å². The average Bonchev–Trinajstić information content (AvgIpc) is 3.29. The highest BCUT2D eigenvalue weighted by Crippen LogP contribution is 2.20. The van der Waals surface area contributed by atoms with Crippen LogP contribution in [0.15, 0.2) is 73.4 Å². The van der Waals surface area contributed by atoms with Gasteiger partial charge in [0.05, 0.1) is 12.9 Å². The number of imidazole rings is 2. The van der Waals surface area contributed by atoms with Gasteiger partial charge in [-0.3, -0.25) is 4.40 Å². The van der Waals surface area contributed by atoms with E-state index in [1.807, 2.05) is 37.1 Å². The summed E-state index contributed by atoms with van der Waals surface area (Å²) in [6.07, 6.45) is 6.46. The molecule has 0 saturated heterocycles. The van der Waals surface area contributed by atoms with E-state index < -0.39 is 0 Å². The van der Waals surface area contributed by atoms with Gasteiger partial charge in [0.2, 0.25) is 0 Å². The Hall–Kier alpha value is -3.47. The molecule has 3 heterocycles. The molecule has 0 radical (unpaired) electrons. The number of benzene rings is 2. The molecule has 0 aliphatic carbocycles. The van der Waals surface area contributed by atoms with Gasteiger partial charge in [-0.05, 0) is 23.6 Å². The van der Waals surface area contributed by atoms with Gasteiger partial charge >= 0.3 is 0 Å². The third-order valence-corrected chi connectivity index (χ3v) is 5.02. The molecule has 0 amide bonds. The van der Waals surface area contributed by atoms with Gasteiger partial charge in [-0.2, -0.15) is 0 Å². The number of hydrogen-bond donors (Lipinski definition) is 0. The third-order valence-electron chi connectivity index (χ3n) is 5.02. The summed E-state index contributed by atoms with van der Waals surface area (Å²) in [4.78, 5) is 13.9. The van der Waals surface area contributed by atoms with Crippen molar-refractivity contribution in [2.75, 3.05) is 0 Å². The molecule has 0 unspecified atom stereocenters. The number of hydrogen-bond acceptors (Lipinski definition) is 3. The van der Waals surface area contributed by atoms with Crippen LogP contribution >= 0.6 is 0 Å². The van der Waals surface area contributed by atoms with Crippen LogP contribution in [0.4, 0.5) is 0 Å². The number of aryl methyl sites for hydroxylation is 1. The lowest BCUT2D eigenvalue weighted by Gasteiger charge is -2.06. The maximum atomic E-state index is 4.69. The molecule has 0 atom stereocenters. The Morgan fingerprint density at radius 3 is 2.48 bits per heavy atom. The fourth-order valence-electron chi connectivity index (χ4n) is 3.51. The van der Waals surface area contributed by atoms with Crippen molar-refractivity contribution < 1.29 is 0 Å². The summed E-state index contributed by atoms with van der Waals surface area (Å²) in [5.74, 6) is 0. The highest BCUT2D eigenvalue weighted by Gasteiger charge is 2.13. The molecule has 132 valence electrons. The first-order valence-corrected chi connectivity index (χ1v) is 9.04. The second kappa shape index (κ2) is 6.36. The molecule has 2 aromatic carbocycles. The van der Waals surface area contributed by atoms with Gasteiger partial charge in [0.25, 0.3) is 0 Å². The maximum Gasteiger partial charge on any atom is 0.168 e. The molecule has 0 aliphatic rings. The minimum absolute atomic E-state index is 0.747. The van der Waals surface area contributed by atoms with E-state index in [9.17, 15) is 0 Å². The molecule has 5 aromatic rings. The second-order valence-electron chi connectivity index (χ2n) is 6.82. The summed E-state index contributed by atoms with van der Waals surface area (Å²) in [5, 5.41) is 0. The predicted molar refractivity (Wildman–Crippen MR) is 106 cm³/mol. The van der Waals surface area contributed by atoms with E-state index in [1.165, 1.54) is 16.7 Å². The molecule has 27 heavy (non-hydrogen) atoms. The summed E-state index contributed by atoms with van der Waals surface area (Å²) in [5.41, 5.74) is 7.48. The van der Waals surface area contributed by atoms with Gasteiger partial charge in [0.1, 0.15) is 6.33 Å². The molecule has 5 rings (SSSR count). The van der Waals surface area contributed by atoms with Gasteiger partial charge < -0.3 is 4.57 Å². The van der Waals surface area contributed by atoms with E-state index in [2.05, 4.69) is 67.2 Å². The quantitative estimate of drug-likeness (QED) is 0.490. The van der Waals surface area contributed by atoms with Gasteiger partial charge in [0.15, 0.2) is 16.8 Å². The van der Waals surface area contributed by atoms with Crippen LogP contribution in [0.25, 0.3) is 16.8 Å². The largest absolute Gasteiger partial charge is 0.311 e. The van der Waals surface area contributed by atoms with Gasteiger partial charge in [-0.1, -0.05) is 54.6 Å². The Labute approximate surface area is 157 Å². The van der Waals surface area contributed by atoms with E-state index in [1.54, 1.807) is 0 Å². The minimum Gasteiger partial charge on any atom is -0.311 e. The molecular weight excluding hydrogens is 334 g/mol. The van der Waals surface area contributed by atoms with Crippen LogP contribution in [0.5, 0.6) is 0 Å². The molecule has 0 bridgehead atoms. The van der Waals surface area contributed by atoms with Crippen LogP contribution in [0.1, 0.15) is 22.4 Å². The summed E-state index contributed by atoms with van der Waals surface area (Å²) < 4.78 is 4.12. The van der Waals surface area contributed by atoms with Crippen LogP contribution in [0, 0.1) is 6.92 Å². The second-order valence-corrected chi connectivity index (χ2v) is 6.82. The lowest BCUT2D eigenvalue weighted by atomic mass is 10.0. The van der Waals surface area contributed by atoms with E-state index in [-0.39, 0.29) is 0 Å². The van der Waals surface area contributed by atoms with Gasteiger partial charge in [-0.15, -0.1) is 0 Å². The fourth-order valence-corrected chi connectivity index (χ4v) is 3.51. The number of fused-ring (bicyclic) bond motifs is 3. The zero-order valence-corrected chi connectivity index (χ0v) is 15.1. The topological polar surface area (TPSA) is 48.0 Å². The van der Waals surface area contributed by atoms with Crippen molar-refractivity contribution >= 4 is 16.8 Å². The highest BCUT2D eigenvalue weighted by atomic mass is 15.2. The van der Waals surface area contributed by atoms with E-state index >= 15 is 0 Å². The van der Waals surface area contributed by atoms with E-state index in [4.69, 9.17) is 0 Å². The molecule has 0 saturated carbocycles. The minimum atomic E-state index is 0.747. The van der Waals surface area contributed by atoms with E-state index in [0.717, 1.165) is 35.5 Å². The van der Waals surface area contributed by atoms with Crippen molar-refractivity contribution in [2.24, 2.45) is 0 Å². The Bertz CT molecular complexity index is 1230. The number of aromatic nitrogens is 5. The molecule has 0 aliphatic heterocycles. The number of nitrogens with zero attached hydrogens (tertiary/aromatic N) is 5. The Kier molecular flexibility index (Phi) is 3.71. The number of rotatable bonds is 4. The maximum absolute atomic E-state index is 4.69. The summed E-state index contributed by atoms with van der Waals surface area (Å²) in [6.45, 7) is 2.89. The zero-order valence-electron chi connectivity index (χ0n) is 15.1. The summed E-state index contributed by atoms with van der Waals surface area (Å²) in [7, 11) is 0. The zero-order chi connectivity index (χ0) is 18.2. The van der Waals surface area contributed by atoms with E-state index in [0.29, 0.717) is 0 Å². The molecule has 0 N–H and O–H groups in total. The first kappa shape index (κ1) is 15.8. The Morgan fingerprint density at radius 1 is 0.815 bits per heavy atom. The van der Waals surface area contributed by atoms with Crippen LogP contribution in [-0.4, -0.2) is 23.9 Å². The standard InChI is InChI=1S/C22H19N5/c1-16-7-5-6-10-18(16)11-19-12-23-22-20-21(25-15-27(19)22)26(14-24-20)13-17-8-3-2-4-9-17/h2-10,12,14-15H,11,13H2,1H3. The first-order valence-electron chi connectivity index (χ1n) is 9.04. The van der Waals surface area contributed by atoms with Crippen LogP contribution in [0.2, 0.25) is 0 Å². The third kappa shape index (κ3) is 2.77. The fraction of sp³-hybridized carbons (Fsp3) is 0.136. The highest BCUT2D eigenvalue weighted by molar-refractivity contribution is 5.85. The molecule has 5 nitrogen and oxygen atoms in total.